The molecule has 5 aromatic carbocycles. The summed E-state index contributed by atoms with van der Waals surface area (Å²) in [4.78, 5) is 5.53. The van der Waals surface area contributed by atoms with Crippen molar-refractivity contribution in [1.29, 1.82) is 0 Å². The summed E-state index contributed by atoms with van der Waals surface area (Å²) in [6.45, 7) is 8.47. The number of para-hydroxylation sites is 1. The number of aromatic hydroxyl groups is 1. The van der Waals surface area contributed by atoms with Gasteiger partial charge in [0.15, 0.2) is 0 Å². The highest BCUT2D eigenvalue weighted by Crippen LogP contribution is 2.44. The summed E-state index contributed by atoms with van der Waals surface area (Å²) in [6.07, 6.45) is 0. The molecule has 0 bridgehead atoms. The third-order valence-electron chi connectivity index (χ3n) is 7.79. The molecule has 40 heavy (non-hydrogen) atoms. The number of hydrogen-bond acceptors (Lipinski definition) is 2. The number of fused-ring (bicyclic) bond motifs is 1. The lowest BCUT2D eigenvalue weighted by molar-refractivity contribution is 0.467. The Kier molecular flexibility index (Phi) is 6.69. The monoisotopic (exact) mass is 519 g/mol. The fourth-order valence-electron chi connectivity index (χ4n) is 5.58. The minimum Gasteiger partial charge on any atom is -0.508 e. The van der Waals surface area contributed by atoms with Gasteiger partial charge < -0.3 is 5.11 Å². The van der Waals surface area contributed by atoms with E-state index in [0.29, 0.717) is 0 Å². The molecule has 0 spiro atoms. The molecule has 1 aromatic heterocycles. The molecule has 1 unspecified atom stereocenters. The van der Waals surface area contributed by atoms with Crippen LogP contribution in [0.15, 0.2) is 115 Å². The van der Waals surface area contributed by atoms with Gasteiger partial charge in [0.25, 0.3) is 0 Å². The van der Waals surface area contributed by atoms with Crippen LogP contribution in [0.25, 0.3) is 33.2 Å². The maximum atomic E-state index is 11.1. The minimum absolute atomic E-state index is 0.247. The Bertz CT molecular complexity index is 1810. The quantitative estimate of drug-likeness (QED) is 0.246. The third-order valence-corrected chi connectivity index (χ3v) is 7.79. The van der Waals surface area contributed by atoms with Crippen LogP contribution in [0.2, 0.25) is 0 Å². The Morgan fingerprint density at radius 3 is 1.73 bits per heavy atom. The average molecular weight is 520 g/mol. The molecule has 2 nitrogen and oxygen atoms in total. The van der Waals surface area contributed by atoms with E-state index in [1.54, 1.807) is 6.07 Å². The molecule has 0 aliphatic rings. The van der Waals surface area contributed by atoms with Gasteiger partial charge in [0, 0.05) is 22.1 Å². The van der Waals surface area contributed by atoms with Crippen LogP contribution in [0.4, 0.5) is 0 Å². The van der Waals surface area contributed by atoms with Crippen LogP contribution in [-0.4, -0.2) is 10.1 Å². The van der Waals surface area contributed by atoms with Crippen molar-refractivity contribution in [3.8, 4) is 28.1 Å². The fourth-order valence-corrected chi connectivity index (χ4v) is 5.58. The minimum atomic E-state index is -0.247. The molecule has 1 heterocycles. The van der Waals surface area contributed by atoms with Crippen LogP contribution < -0.4 is 0 Å². The van der Waals surface area contributed by atoms with Crippen molar-refractivity contribution >= 4 is 10.8 Å². The Labute approximate surface area is 236 Å². The number of hydrogen-bond donors (Lipinski definition) is 1. The fraction of sp³-hybridized carbons (Fsp3) is 0.132. The lowest BCUT2D eigenvalue weighted by Gasteiger charge is -2.24. The van der Waals surface area contributed by atoms with E-state index in [9.17, 15) is 5.11 Å². The van der Waals surface area contributed by atoms with Crippen LogP contribution in [0.3, 0.4) is 0 Å². The highest BCUT2D eigenvalue weighted by atomic mass is 16.3. The lowest BCUT2D eigenvalue weighted by Crippen LogP contribution is -2.09. The van der Waals surface area contributed by atoms with Crippen molar-refractivity contribution in [3.05, 3.63) is 154 Å². The molecule has 0 fully saturated rings. The zero-order chi connectivity index (χ0) is 27.8. The number of nitrogens with zero attached hydrogens (tertiary/aromatic N) is 1. The normalized spacial score (nSPS) is 12.0. The van der Waals surface area contributed by atoms with E-state index >= 15 is 0 Å². The smallest absolute Gasteiger partial charge is 0.119 e. The Morgan fingerprint density at radius 1 is 0.550 bits per heavy atom. The van der Waals surface area contributed by atoms with E-state index in [0.717, 1.165) is 50.0 Å². The Morgan fingerprint density at radius 2 is 1.10 bits per heavy atom. The second kappa shape index (κ2) is 10.5. The highest BCUT2D eigenvalue weighted by molar-refractivity contribution is 6.04. The third kappa shape index (κ3) is 4.78. The molecule has 0 radical (unpaired) electrons. The number of aryl methyl sites for hydroxylation is 4. The topological polar surface area (TPSA) is 33.1 Å². The number of benzene rings is 5. The summed E-state index contributed by atoms with van der Waals surface area (Å²) in [6, 6.07) is 40.3. The Hall–Kier alpha value is -4.69. The number of rotatable bonds is 5. The van der Waals surface area contributed by atoms with E-state index in [-0.39, 0.29) is 11.7 Å². The first-order chi connectivity index (χ1) is 19.4. The summed E-state index contributed by atoms with van der Waals surface area (Å²) in [5.41, 5.74) is 12.0. The molecule has 0 aliphatic carbocycles. The molecular weight excluding hydrogens is 486 g/mol. The predicted octanol–water partition coefficient (Wildman–Crippen LogP) is 9.69. The van der Waals surface area contributed by atoms with Crippen molar-refractivity contribution in [2.24, 2.45) is 0 Å². The first-order valence-corrected chi connectivity index (χ1v) is 13.8. The van der Waals surface area contributed by atoms with Gasteiger partial charge in [0.1, 0.15) is 5.75 Å². The average Bonchev–Trinajstić information content (AvgIpc) is 2.96. The maximum Gasteiger partial charge on any atom is 0.119 e. The van der Waals surface area contributed by atoms with Gasteiger partial charge in [0.05, 0.1) is 17.3 Å². The predicted molar refractivity (Wildman–Crippen MR) is 167 cm³/mol. The summed E-state index contributed by atoms with van der Waals surface area (Å²) in [5.74, 6) is 0.0258. The van der Waals surface area contributed by atoms with Gasteiger partial charge in [-0.15, -0.1) is 0 Å². The second-order valence-corrected chi connectivity index (χ2v) is 10.9. The van der Waals surface area contributed by atoms with E-state index in [1.165, 1.54) is 22.3 Å². The molecule has 1 N–H and O–H groups in total. The van der Waals surface area contributed by atoms with Crippen molar-refractivity contribution in [2.45, 2.75) is 33.6 Å². The molecule has 0 aliphatic heterocycles. The molecule has 0 amide bonds. The van der Waals surface area contributed by atoms with Crippen LogP contribution in [0.1, 0.15) is 45.0 Å². The van der Waals surface area contributed by atoms with Gasteiger partial charge in [-0.2, -0.15) is 0 Å². The Balaban J connectivity index is 1.75. The van der Waals surface area contributed by atoms with E-state index in [1.807, 2.05) is 18.2 Å². The van der Waals surface area contributed by atoms with Gasteiger partial charge in [-0.25, -0.2) is 0 Å². The van der Waals surface area contributed by atoms with Gasteiger partial charge in [-0.3, -0.25) is 4.98 Å². The SMILES string of the molecule is Cc1ccc(-c2nc(C(c3ccc(C)cc3)c3ccccc3O)c3ccc(C)cc3c2-c2ccc(C)cc2)cc1. The van der Waals surface area contributed by atoms with Gasteiger partial charge in [-0.05, 0) is 50.3 Å². The van der Waals surface area contributed by atoms with Gasteiger partial charge in [-0.1, -0.05) is 131 Å². The van der Waals surface area contributed by atoms with Crippen molar-refractivity contribution in [2.75, 3.05) is 0 Å². The molecule has 2 heteroatoms. The zero-order valence-corrected chi connectivity index (χ0v) is 23.4. The lowest BCUT2D eigenvalue weighted by atomic mass is 9.83. The van der Waals surface area contributed by atoms with Crippen LogP contribution in [0.5, 0.6) is 5.75 Å². The number of pyridine rings is 1. The van der Waals surface area contributed by atoms with Crippen molar-refractivity contribution < 1.29 is 5.11 Å². The number of aromatic nitrogens is 1. The largest absolute Gasteiger partial charge is 0.508 e. The van der Waals surface area contributed by atoms with E-state index in [2.05, 4.69) is 119 Å². The molecule has 0 saturated carbocycles. The summed E-state index contributed by atoms with van der Waals surface area (Å²) in [7, 11) is 0. The van der Waals surface area contributed by atoms with Crippen molar-refractivity contribution in [1.82, 2.24) is 4.98 Å². The van der Waals surface area contributed by atoms with Crippen LogP contribution in [0, 0.1) is 27.7 Å². The number of phenolic OH excluding ortho intramolecular Hbond substituents is 1. The zero-order valence-electron chi connectivity index (χ0n) is 23.4. The van der Waals surface area contributed by atoms with Crippen LogP contribution >= 0.6 is 0 Å². The summed E-state index contributed by atoms with van der Waals surface area (Å²) >= 11 is 0. The van der Waals surface area contributed by atoms with E-state index in [4.69, 9.17) is 4.98 Å². The summed E-state index contributed by atoms with van der Waals surface area (Å²) < 4.78 is 0. The first kappa shape index (κ1) is 25.6. The van der Waals surface area contributed by atoms with Gasteiger partial charge >= 0.3 is 0 Å². The number of phenols is 1. The molecule has 6 aromatic rings. The molecule has 0 saturated heterocycles. The summed E-state index contributed by atoms with van der Waals surface area (Å²) in [5, 5.41) is 13.4. The van der Waals surface area contributed by atoms with Crippen LogP contribution in [-0.2, 0) is 0 Å². The molecular formula is C38H33NO. The maximum absolute atomic E-state index is 11.1. The second-order valence-electron chi connectivity index (χ2n) is 10.9. The molecule has 196 valence electrons. The highest BCUT2D eigenvalue weighted by Gasteiger charge is 2.26. The van der Waals surface area contributed by atoms with Crippen molar-refractivity contribution in [3.63, 3.8) is 0 Å². The van der Waals surface area contributed by atoms with Gasteiger partial charge in [0.2, 0.25) is 0 Å². The van der Waals surface area contributed by atoms with E-state index < -0.39 is 0 Å². The standard InChI is InChI=1S/C38H33NO/c1-24-9-16-28(17-10-24)35(32-7-5-6-8-34(32)40)38-31-22-15-27(4)23-33(31)36(29-18-11-25(2)12-19-29)37(39-38)30-20-13-26(3)14-21-30/h5-23,35,40H,1-4H3. The first-order valence-electron chi connectivity index (χ1n) is 13.8. The molecule has 1 atom stereocenters. The molecule has 6 rings (SSSR count).